The number of hydrogen-bond donors (Lipinski definition) is 2. The number of pyridine rings is 1. The molecule has 0 saturated heterocycles. The van der Waals surface area contributed by atoms with Gasteiger partial charge in [0.15, 0.2) is 0 Å². The largest absolute Gasteiger partial charge is 0.399 e. The average Bonchev–Trinajstić information content (AvgIpc) is 2.47. The van der Waals surface area contributed by atoms with E-state index in [0.717, 1.165) is 17.7 Å². The Morgan fingerprint density at radius 2 is 2.15 bits per heavy atom. The van der Waals surface area contributed by atoms with E-state index in [1.54, 1.807) is 6.20 Å². The number of amides is 1. The maximum Gasteiger partial charge on any atom is 0.227 e. The fraction of sp³-hybridized carbons (Fsp3) is 0.250. The smallest absolute Gasteiger partial charge is 0.227 e. The summed E-state index contributed by atoms with van der Waals surface area (Å²) in [5, 5.41) is 2.93. The van der Waals surface area contributed by atoms with Gasteiger partial charge in [-0.25, -0.2) is 0 Å². The highest BCUT2D eigenvalue weighted by molar-refractivity contribution is 5.83. The van der Waals surface area contributed by atoms with Crippen molar-refractivity contribution in [2.45, 2.75) is 19.3 Å². The molecule has 104 valence electrons. The van der Waals surface area contributed by atoms with Gasteiger partial charge in [0, 0.05) is 30.5 Å². The standard InChI is InChI=1S/C16H19N3O/c1-12(13-5-4-6-14(17)11-13)16(20)19-10-8-15-7-2-3-9-18-15/h2-7,9,11-12H,8,10,17H2,1H3,(H,19,20). The molecule has 0 aliphatic heterocycles. The van der Waals surface area contributed by atoms with Gasteiger partial charge in [0.25, 0.3) is 0 Å². The van der Waals surface area contributed by atoms with Crippen LogP contribution in [0.15, 0.2) is 48.7 Å². The number of aromatic nitrogens is 1. The topological polar surface area (TPSA) is 68.0 Å². The van der Waals surface area contributed by atoms with Gasteiger partial charge >= 0.3 is 0 Å². The fourth-order valence-corrected chi connectivity index (χ4v) is 1.99. The van der Waals surface area contributed by atoms with Crippen molar-refractivity contribution in [1.29, 1.82) is 0 Å². The van der Waals surface area contributed by atoms with Gasteiger partial charge < -0.3 is 11.1 Å². The molecule has 1 aromatic carbocycles. The lowest BCUT2D eigenvalue weighted by Crippen LogP contribution is -2.30. The zero-order valence-electron chi connectivity index (χ0n) is 11.5. The summed E-state index contributed by atoms with van der Waals surface area (Å²) in [6.07, 6.45) is 2.49. The number of rotatable bonds is 5. The second-order valence-corrected chi connectivity index (χ2v) is 4.75. The van der Waals surface area contributed by atoms with Gasteiger partial charge in [-0.2, -0.15) is 0 Å². The third kappa shape index (κ3) is 3.82. The lowest BCUT2D eigenvalue weighted by Gasteiger charge is -2.13. The fourth-order valence-electron chi connectivity index (χ4n) is 1.99. The molecule has 0 aliphatic rings. The van der Waals surface area contributed by atoms with E-state index in [1.165, 1.54) is 0 Å². The highest BCUT2D eigenvalue weighted by atomic mass is 16.1. The van der Waals surface area contributed by atoms with E-state index in [0.29, 0.717) is 12.2 Å². The van der Waals surface area contributed by atoms with Gasteiger partial charge in [-0.05, 0) is 36.8 Å². The number of carbonyl (C=O) groups excluding carboxylic acids is 1. The zero-order chi connectivity index (χ0) is 14.4. The minimum atomic E-state index is -0.206. The van der Waals surface area contributed by atoms with Crippen LogP contribution < -0.4 is 11.1 Å². The van der Waals surface area contributed by atoms with Crippen LogP contribution in [0.2, 0.25) is 0 Å². The monoisotopic (exact) mass is 269 g/mol. The van der Waals surface area contributed by atoms with Gasteiger partial charge in [-0.3, -0.25) is 9.78 Å². The number of nitrogens with one attached hydrogen (secondary N) is 1. The summed E-state index contributed by atoms with van der Waals surface area (Å²) >= 11 is 0. The van der Waals surface area contributed by atoms with Crippen molar-refractivity contribution in [2.75, 3.05) is 12.3 Å². The number of anilines is 1. The molecule has 4 nitrogen and oxygen atoms in total. The Kier molecular flexibility index (Phi) is 4.71. The first kappa shape index (κ1) is 14.1. The minimum absolute atomic E-state index is 0.00605. The molecule has 0 radical (unpaired) electrons. The second kappa shape index (κ2) is 6.70. The Bertz CT molecular complexity index is 569. The molecule has 0 fully saturated rings. The number of carbonyl (C=O) groups is 1. The summed E-state index contributed by atoms with van der Waals surface area (Å²) in [6.45, 7) is 2.47. The second-order valence-electron chi connectivity index (χ2n) is 4.75. The normalized spacial score (nSPS) is 11.8. The molecule has 1 heterocycles. The Balaban J connectivity index is 1.85. The van der Waals surface area contributed by atoms with Crippen molar-refractivity contribution >= 4 is 11.6 Å². The summed E-state index contributed by atoms with van der Waals surface area (Å²) in [5.74, 6) is -0.200. The van der Waals surface area contributed by atoms with Crippen LogP contribution in [-0.2, 0) is 11.2 Å². The van der Waals surface area contributed by atoms with Crippen LogP contribution in [0.1, 0.15) is 24.1 Å². The van der Waals surface area contributed by atoms with Crippen LogP contribution in [0, 0.1) is 0 Å². The van der Waals surface area contributed by atoms with Crippen molar-refractivity contribution < 1.29 is 4.79 Å². The molecule has 2 rings (SSSR count). The first-order valence-electron chi connectivity index (χ1n) is 6.70. The molecule has 4 heteroatoms. The van der Waals surface area contributed by atoms with E-state index in [2.05, 4.69) is 10.3 Å². The quantitative estimate of drug-likeness (QED) is 0.817. The lowest BCUT2D eigenvalue weighted by atomic mass is 10.00. The molecule has 0 spiro atoms. The Hall–Kier alpha value is -2.36. The average molecular weight is 269 g/mol. The van der Waals surface area contributed by atoms with Crippen LogP contribution in [0.5, 0.6) is 0 Å². The lowest BCUT2D eigenvalue weighted by molar-refractivity contribution is -0.122. The SMILES string of the molecule is CC(C(=O)NCCc1ccccn1)c1cccc(N)c1. The van der Waals surface area contributed by atoms with Crippen LogP contribution in [0.3, 0.4) is 0 Å². The summed E-state index contributed by atoms with van der Waals surface area (Å²) in [4.78, 5) is 16.3. The summed E-state index contributed by atoms with van der Waals surface area (Å²) in [5.41, 5.74) is 8.32. The first-order chi connectivity index (χ1) is 9.66. The number of nitrogens with two attached hydrogens (primary N) is 1. The van der Waals surface area contributed by atoms with Gasteiger partial charge in [0.1, 0.15) is 0 Å². The van der Waals surface area contributed by atoms with Crippen LogP contribution in [-0.4, -0.2) is 17.4 Å². The number of nitrogen functional groups attached to an aromatic ring is 1. The third-order valence-corrected chi connectivity index (χ3v) is 3.21. The molecule has 1 unspecified atom stereocenters. The van der Waals surface area contributed by atoms with E-state index in [1.807, 2.05) is 49.4 Å². The molecule has 1 atom stereocenters. The summed E-state index contributed by atoms with van der Waals surface area (Å²) < 4.78 is 0. The Labute approximate surface area is 119 Å². The van der Waals surface area contributed by atoms with E-state index >= 15 is 0 Å². The predicted molar refractivity (Wildman–Crippen MR) is 80.2 cm³/mol. The van der Waals surface area contributed by atoms with Crippen LogP contribution >= 0.6 is 0 Å². The molecule has 20 heavy (non-hydrogen) atoms. The highest BCUT2D eigenvalue weighted by Crippen LogP contribution is 2.17. The van der Waals surface area contributed by atoms with Gasteiger partial charge in [-0.1, -0.05) is 18.2 Å². The van der Waals surface area contributed by atoms with Crippen molar-refractivity contribution in [3.05, 3.63) is 59.9 Å². The number of hydrogen-bond acceptors (Lipinski definition) is 3. The van der Waals surface area contributed by atoms with Crippen LogP contribution in [0.25, 0.3) is 0 Å². The molecule has 2 aromatic rings. The molecular formula is C16H19N3O. The predicted octanol–water partition coefficient (Wildman–Crippen LogP) is 2.13. The Morgan fingerprint density at radius 3 is 2.85 bits per heavy atom. The van der Waals surface area contributed by atoms with Crippen molar-refractivity contribution in [2.24, 2.45) is 0 Å². The highest BCUT2D eigenvalue weighted by Gasteiger charge is 2.14. The van der Waals surface area contributed by atoms with Crippen LogP contribution in [0.4, 0.5) is 5.69 Å². The van der Waals surface area contributed by atoms with Gasteiger partial charge in [0.2, 0.25) is 5.91 Å². The molecule has 1 aromatic heterocycles. The minimum Gasteiger partial charge on any atom is -0.399 e. The molecule has 1 amide bonds. The molecule has 0 saturated carbocycles. The maximum atomic E-state index is 12.1. The molecule has 3 N–H and O–H groups in total. The summed E-state index contributed by atoms with van der Waals surface area (Å²) in [7, 11) is 0. The van der Waals surface area contributed by atoms with Gasteiger partial charge in [-0.15, -0.1) is 0 Å². The number of benzene rings is 1. The number of nitrogens with zero attached hydrogens (tertiary/aromatic N) is 1. The zero-order valence-corrected chi connectivity index (χ0v) is 11.5. The molecular weight excluding hydrogens is 250 g/mol. The van der Waals surface area contributed by atoms with E-state index in [-0.39, 0.29) is 11.8 Å². The van der Waals surface area contributed by atoms with Crippen molar-refractivity contribution in [3.8, 4) is 0 Å². The maximum absolute atomic E-state index is 12.1. The van der Waals surface area contributed by atoms with E-state index in [9.17, 15) is 4.79 Å². The van der Waals surface area contributed by atoms with E-state index < -0.39 is 0 Å². The van der Waals surface area contributed by atoms with Gasteiger partial charge in [0.05, 0.1) is 5.92 Å². The summed E-state index contributed by atoms with van der Waals surface area (Å²) in [6, 6.07) is 13.2. The molecule has 0 aliphatic carbocycles. The van der Waals surface area contributed by atoms with E-state index in [4.69, 9.17) is 5.73 Å². The third-order valence-electron chi connectivity index (χ3n) is 3.21. The molecule has 0 bridgehead atoms. The van der Waals surface area contributed by atoms with Crippen molar-refractivity contribution in [1.82, 2.24) is 10.3 Å². The van der Waals surface area contributed by atoms with Crippen molar-refractivity contribution in [3.63, 3.8) is 0 Å². The first-order valence-corrected chi connectivity index (χ1v) is 6.70. The Morgan fingerprint density at radius 1 is 1.30 bits per heavy atom.